The second kappa shape index (κ2) is 12.8. The van der Waals surface area contributed by atoms with Crippen molar-refractivity contribution in [1.29, 1.82) is 0 Å². The van der Waals surface area contributed by atoms with E-state index in [9.17, 15) is 0 Å². The summed E-state index contributed by atoms with van der Waals surface area (Å²) in [6, 6.07) is 0. The quantitative estimate of drug-likeness (QED) is 0.154. The number of allylic oxidation sites excluding steroid dienone is 5. The number of halogens is 1. The van der Waals surface area contributed by atoms with Crippen LogP contribution in [0.4, 0.5) is 4.79 Å². The molecule has 0 amide bonds. The molecule has 6 atom stereocenters. The molecular weight excluding hydrogens is 499 g/mol. The monoisotopic (exact) mass is 540 g/mol. The van der Waals surface area contributed by atoms with E-state index in [2.05, 4.69) is 45.4 Å². The smallest absolute Gasteiger partial charge is 0.364 e. The largest absolute Gasteiger partial charge is 0.474 e. The molecule has 0 spiro atoms. The molecule has 4 rings (SSSR count). The van der Waals surface area contributed by atoms with Gasteiger partial charge in [-0.05, 0) is 75.5 Å². The number of aliphatic hydroxyl groups excluding tert-OH is 1. The second-order valence-corrected chi connectivity index (χ2v) is 10.5. The number of carboxylic acid groups (broad SMARTS) is 1. The molecule has 0 bridgehead atoms. The molecule has 0 aromatic carbocycles. The summed E-state index contributed by atoms with van der Waals surface area (Å²) in [5.74, 6) is 3.88. The second-order valence-electron chi connectivity index (χ2n) is 9.59. The van der Waals surface area contributed by atoms with Gasteiger partial charge in [-0.15, -0.1) is 12.8 Å². The molecule has 0 aliphatic heterocycles. The van der Waals surface area contributed by atoms with Gasteiger partial charge < -0.3 is 10.2 Å². The van der Waals surface area contributed by atoms with Crippen LogP contribution in [0.1, 0.15) is 79.1 Å². The maximum absolute atomic E-state index is 8.99. The molecule has 2 fully saturated rings. The minimum absolute atomic E-state index is 0.116. The lowest BCUT2D eigenvalue weighted by Gasteiger charge is -2.50. The van der Waals surface area contributed by atoms with Crippen molar-refractivity contribution in [2.45, 2.75) is 85.2 Å². The highest BCUT2D eigenvalue weighted by atomic mass is 127. The molecule has 4 aliphatic carbocycles. The van der Waals surface area contributed by atoms with Crippen molar-refractivity contribution >= 4 is 26.6 Å². The number of aliphatic hydroxyl groups is 1. The van der Waals surface area contributed by atoms with Gasteiger partial charge >= 0.3 is 3.98 Å². The van der Waals surface area contributed by atoms with Crippen LogP contribution in [0.15, 0.2) is 35.5 Å². The van der Waals surface area contributed by atoms with Gasteiger partial charge in [-0.2, -0.15) is 0 Å². The van der Waals surface area contributed by atoms with Gasteiger partial charge in [0.1, 0.15) is 0 Å². The zero-order valence-corrected chi connectivity index (χ0v) is 21.9. The molecule has 0 aromatic heterocycles. The summed E-state index contributed by atoms with van der Waals surface area (Å²) in [6.07, 6.45) is 23.4. The Labute approximate surface area is 203 Å². The van der Waals surface area contributed by atoms with Gasteiger partial charge in [0.2, 0.25) is 0 Å². The van der Waals surface area contributed by atoms with E-state index in [0.29, 0.717) is 5.41 Å². The Morgan fingerprint density at radius 2 is 1.87 bits per heavy atom. The summed E-state index contributed by atoms with van der Waals surface area (Å²) < 4.78 is -0.863. The van der Waals surface area contributed by atoms with Crippen molar-refractivity contribution in [2.75, 3.05) is 0 Å². The van der Waals surface area contributed by atoms with Gasteiger partial charge in [-0.25, -0.2) is 4.79 Å². The van der Waals surface area contributed by atoms with Gasteiger partial charge in [-0.1, -0.05) is 62.6 Å². The first-order valence-corrected chi connectivity index (χ1v) is 12.7. The fourth-order valence-electron chi connectivity index (χ4n) is 5.90. The fourth-order valence-corrected chi connectivity index (χ4v) is 5.90. The molecule has 0 radical (unpaired) electrons. The van der Waals surface area contributed by atoms with Crippen molar-refractivity contribution in [1.82, 2.24) is 0 Å². The molecule has 4 unspecified atom stereocenters. The molecule has 4 heteroatoms. The van der Waals surface area contributed by atoms with E-state index >= 15 is 0 Å². The third kappa shape index (κ3) is 7.22. The topological polar surface area (TPSA) is 57.5 Å². The van der Waals surface area contributed by atoms with Crippen LogP contribution in [-0.4, -0.2) is 20.3 Å². The number of fused-ring (bicyclic) bond motifs is 5. The lowest BCUT2D eigenvalue weighted by molar-refractivity contribution is 0.179. The summed E-state index contributed by atoms with van der Waals surface area (Å²) in [5.41, 5.74) is 5.28. The van der Waals surface area contributed by atoms with E-state index in [4.69, 9.17) is 15.0 Å². The minimum atomic E-state index is -0.863. The molecule has 2 saturated carbocycles. The highest BCUT2D eigenvalue weighted by Crippen LogP contribution is 2.60. The van der Waals surface area contributed by atoms with Gasteiger partial charge in [0.05, 0.1) is 28.7 Å². The number of carbonyl (C=O) groups is 1. The van der Waals surface area contributed by atoms with Gasteiger partial charge in [0.25, 0.3) is 0 Å². The van der Waals surface area contributed by atoms with Crippen molar-refractivity contribution in [3.05, 3.63) is 35.5 Å². The zero-order valence-electron chi connectivity index (χ0n) is 19.7. The minimum Gasteiger partial charge on any atom is -0.474 e. The third-order valence-corrected chi connectivity index (χ3v) is 7.75. The Morgan fingerprint density at radius 1 is 1.29 bits per heavy atom. The lowest BCUT2D eigenvalue weighted by atomic mass is 9.54. The Kier molecular flexibility index (Phi) is 11.6. The van der Waals surface area contributed by atoms with Crippen molar-refractivity contribution in [2.24, 2.45) is 29.1 Å². The maximum Gasteiger partial charge on any atom is 0.364 e. The zero-order chi connectivity index (χ0) is 23.8. The molecule has 0 saturated heterocycles. The van der Waals surface area contributed by atoms with Gasteiger partial charge in [-0.3, -0.25) is 0 Å². The molecule has 0 aromatic rings. The summed E-state index contributed by atoms with van der Waals surface area (Å²) in [4.78, 5) is 8.99. The molecule has 174 valence electrons. The standard InChI is InChI=1S/C20H28.C4H10O.C2H2.CHIO2/c1-13-10-11-20(3)15(12-13)5-7-18-17-6-4-14(2)16(17)8-9-19(18)20;1-3-4(2)5;1-2;2-1(3)4/h9,12,14,16-18H,1,4-8,10-11H2,2-3H3;4-5H,3H2,1-2H3;1-2H;(H,3,4)/t14-,16?,17?,18?,20-;;;/m0.../s1. The van der Waals surface area contributed by atoms with Gasteiger partial charge in [0.15, 0.2) is 0 Å². The highest BCUT2D eigenvalue weighted by molar-refractivity contribution is 14.1. The molecule has 31 heavy (non-hydrogen) atoms. The van der Waals surface area contributed by atoms with Crippen LogP contribution < -0.4 is 0 Å². The van der Waals surface area contributed by atoms with E-state index < -0.39 is 3.98 Å². The third-order valence-electron chi connectivity index (χ3n) is 7.75. The Morgan fingerprint density at radius 3 is 2.42 bits per heavy atom. The van der Waals surface area contributed by atoms with E-state index in [-0.39, 0.29) is 6.10 Å². The average Bonchev–Trinajstić information content (AvgIpc) is 3.11. The molecule has 3 nitrogen and oxygen atoms in total. The fraction of sp³-hybridized carbons (Fsp3) is 0.667. The van der Waals surface area contributed by atoms with E-state index in [1.807, 2.05) is 12.5 Å². The van der Waals surface area contributed by atoms with Crippen LogP contribution in [0.2, 0.25) is 0 Å². The van der Waals surface area contributed by atoms with E-state index in [1.165, 1.54) is 73.1 Å². The summed E-state index contributed by atoms with van der Waals surface area (Å²) in [5, 5.41) is 15.8. The first kappa shape index (κ1) is 28.0. The van der Waals surface area contributed by atoms with E-state index in [0.717, 1.165) is 30.1 Å². The predicted octanol–water partition coefficient (Wildman–Crippen LogP) is 7.80. The number of hydrogen-bond donors (Lipinski definition) is 2. The first-order chi connectivity index (χ1) is 14.6. The molecule has 2 N–H and O–H groups in total. The Balaban J connectivity index is 0.000000371. The lowest BCUT2D eigenvalue weighted by Crippen LogP contribution is -2.39. The molecule has 0 heterocycles. The number of terminal acetylenes is 1. The van der Waals surface area contributed by atoms with Crippen LogP contribution >= 0.6 is 22.6 Å². The Hall–Kier alpha value is -1.06. The Bertz CT molecular complexity index is 699. The first-order valence-electron chi connectivity index (χ1n) is 11.6. The number of hydrogen-bond acceptors (Lipinski definition) is 2. The van der Waals surface area contributed by atoms with Crippen LogP contribution in [-0.2, 0) is 0 Å². The molecular formula is C27H41IO3. The normalized spacial score (nSPS) is 33.6. The SMILES string of the molecule is C#C.C=C1C=C2CCC3C(=CCC4C3CC[C@@H]4C)[C@@]2(C)CC1.CCC(C)O.O=C(O)I. The van der Waals surface area contributed by atoms with Crippen molar-refractivity contribution in [3.8, 4) is 12.8 Å². The maximum atomic E-state index is 8.99. The summed E-state index contributed by atoms with van der Waals surface area (Å²) in [7, 11) is 0. The van der Waals surface area contributed by atoms with Crippen LogP contribution in [0, 0.1) is 41.9 Å². The van der Waals surface area contributed by atoms with Crippen molar-refractivity contribution < 1.29 is 15.0 Å². The summed E-state index contributed by atoms with van der Waals surface area (Å²) in [6.45, 7) is 13.0. The van der Waals surface area contributed by atoms with Crippen LogP contribution in [0.25, 0.3) is 0 Å². The molecule has 4 aliphatic rings. The van der Waals surface area contributed by atoms with Crippen molar-refractivity contribution in [3.63, 3.8) is 0 Å². The van der Waals surface area contributed by atoms with E-state index in [1.54, 1.807) is 12.5 Å². The highest BCUT2D eigenvalue weighted by Gasteiger charge is 2.49. The van der Waals surface area contributed by atoms with Crippen LogP contribution in [0.3, 0.4) is 0 Å². The average molecular weight is 541 g/mol. The summed E-state index contributed by atoms with van der Waals surface area (Å²) >= 11 is 1.26. The van der Waals surface area contributed by atoms with Gasteiger partial charge in [0, 0.05) is 5.41 Å². The van der Waals surface area contributed by atoms with Crippen LogP contribution in [0.5, 0.6) is 0 Å². The predicted molar refractivity (Wildman–Crippen MR) is 139 cm³/mol. The number of rotatable bonds is 1.